The minimum absolute atomic E-state index is 0.200. The third-order valence-electron chi connectivity index (χ3n) is 3.11. The number of thiophene rings is 1. The molecule has 0 aliphatic carbocycles. The summed E-state index contributed by atoms with van der Waals surface area (Å²) >= 11 is 10.6. The Morgan fingerprint density at radius 3 is 2.57 bits per heavy atom. The van der Waals surface area contributed by atoms with E-state index in [1.165, 1.54) is 17.4 Å². The normalized spacial score (nSPS) is 12.7. The topological polar surface area (TPSA) is 12.0 Å². The Labute approximate surface area is 140 Å². The third kappa shape index (κ3) is 3.83. The van der Waals surface area contributed by atoms with E-state index in [1.807, 2.05) is 19.9 Å². The van der Waals surface area contributed by atoms with Crippen molar-refractivity contribution < 1.29 is 8.78 Å². The number of hydrogen-bond acceptors (Lipinski definition) is 2. The molecule has 6 heteroatoms. The van der Waals surface area contributed by atoms with Gasteiger partial charge in [-0.3, -0.25) is 0 Å². The van der Waals surface area contributed by atoms with Crippen molar-refractivity contribution in [2.75, 3.05) is 6.54 Å². The van der Waals surface area contributed by atoms with Gasteiger partial charge < -0.3 is 5.32 Å². The van der Waals surface area contributed by atoms with E-state index in [0.29, 0.717) is 6.54 Å². The second-order valence-corrected chi connectivity index (χ2v) is 7.59. The maximum Gasteiger partial charge on any atom is 0.142 e. The third-order valence-corrected chi connectivity index (χ3v) is 5.60. The van der Waals surface area contributed by atoms with Crippen LogP contribution in [0.3, 0.4) is 0 Å². The molecule has 1 heterocycles. The molecule has 0 saturated heterocycles. The summed E-state index contributed by atoms with van der Waals surface area (Å²) in [5.41, 5.74) is 1.35. The zero-order chi connectivity index (χ0) is 15.6. The Hall–Kier alpha value is -0.490. The van der Waals surface area contributed by atoms with E-state index in [2.05, 4.69) is 21.2 Å². The molecule has 0 aliphatic rings. The summed E-state index contributed by atoms with van der Waals surface area (Å²) in [6.07, 6.45) is 0.902. The Bertz CT molecular complexity index is 625. The van der Waals surface area contributed by atoms with Gasteiger partial charge in [-0.25, -0.2) is 8.78 Å². The van der Waals surface area contributed by atoms with Gasteiger partial charge in [0.25, 0.3) is 0 Å². The monoisotopic (exact) mass is 393 g/mol. The largest absolute Gasteiger partial charge is 0.306 e. The second kappa shape index (κ2) is 7.18. The van der Waals surface area contributed by atoms with Gasteiger partial charge in [0.15, 0.2) is 0 Å². The molecule has 1 unspecified atom stereocenters. The Balaban J connectivity index is 2.47. The van der Waals surface area contributed by atoms with E-state index < -0.39 is 11.6 Å². The lowest BCUT2D eigenvalue weighted by Gasteiger charge is -2.18. The fraction of sp³-hybridized carbons (Fsp3) is 0.333. The zero-order valence-corrected chi connectivity index (χ0v) is 14.8. The molecule has 2 aromatic rings. The lowest BCUT2D eigenvalue weighted by Crippen LogP contribution is -2.23. The van der Waals surface area contributed by atoms with Crippen molar-refractivity contribution >= 4 is 38.9 Å². The summed E-state index contributed by atoms with van der Waals surface area (Å²) < 4.78 is 28.9. The lowest BCUT2D eigenvalue weighted by atomic mass is 10.0. The van der Waals surface area contributed by atoms with E-state index in [-0.39, 0.29) is 16.6 Å². The highest BCUT2D eigenvalue weighted by molar-refractivity contribution is 9.11. The van der Waals surface area contributed by atoms with Crippen molar-refractivity contribution in [3.8, 4) is 0 Å². The first kappa shape index (κ1) is 16.9. The smallest absolute Gasteiger partial charge is 0.142 e. The van der Waals surface area contributed by atoms with E-state index in [9.17, 15) is 8.78 Å². The van der Waals surface area contributed by atoms with Gasteiger partial charge in [0, 0.05) is 10.4 Å². The Morgan fingerprint density at radius 2 is 2.00 bits per heavy atom. The Morgan fingerprint density at radius 1 is 1.29 bits per heavy atom. The number of nitrogens with one attached hydrogen (secondary N) is 1. The molecule has 0 saturated carbocycles. The predicted molar refractivity (Wildman–Crippen MR) is 88.3 cm³/mol. The van der Waals surface area contributed by atoms with Crippen molar-refractivity contribution in [1.82, 2.24) is 5.32 Å². The van der Waals surface area contributed by atoms with Crippen LogP contribution in [0.5, 0.6) is 0 Å². The average Bonchev–Trinajstić information content (AvgIpc) is 2.75. The van der Waals surface area contributed by atoms with E-state index in [0.717, 1.165) is 26.7 Å². The minimum Gasteiger partial charge on any atom is -0.306 e. The van der Waals surface area contributed by atoms with Crippen molar-refractivity contribution in [1.29, 1.82) is 0 Å². The number of rotatable bonds is 5. The quantitative estimate of drug-likeness (QED) is 0.628. The van der Waals surface area contributed by atoms with Gasteiger partial charge in [-0.15, -0.1) is 11.3 Å². The first-order valence-electron chi connectivity index (χ1n) is 6.57. The van der Waals surface area contributed by atoms with Crippen molar-refractivity contribution in [2.24, 2.45) is 0 Å². The number of hydrogen-bond donors (Lipinski definition) is 1. The molecule has 0 fully saturated rings. The number of aryl methyl sites for hydroxylation is 1. The summed E-state index contributed by atoms with van der Waals surface area (Å²) in [4.78, 5) is 0.938. The standard InChI is InChI=1S/C15H15BrClF2NS/c1-3-4-20-14(13-5-8(2)15(16)21-13)9-6-12(19)10(17)7-11(9)18/h5-7,14,20H,3-4H2,1-2H3. The summed E-state index contributed by atoms with van der Waals surface area (Å²) in [6, 6.07) is 3.80. The number of benzene rings is 1. The van der Waals surface area contributed by atoms with Gasteiger partial charge in [0.2, 0.25) is 0 Å². The summed E-state index contributed by atoms with van der Waals surface area (Å²) in [6.45, 7) is 4.71. The molecule has 21 heavy (non-hydrogen) atoms. The van der Waals surface area contributed by atoms with Crippen LogP contribution < -0.4 is 5.32 Å². The maximum absolute atomic E-state index is 14.2. The zero-order valence-electron chi connectivity index (χ0n) is 11.6. The first-order valence-corrected chi connectivity index (χ1v) is 8.56. The van der Waals surface area contributed by atoms with Gasteiger partial charge in [-0.1, -0.05) is 18.5 Å². The van der Waals surface area contributed by atoms with Crippen LogP contribution in [0, 0.1) is 18.6 Å². The molecule has 1 aromatic heterocycles. The van der Waals surface area contributed by atoms with Gasteiger partial charge in [0.05, 0.1) is 14.9 Å². The molecule has 114 valence electrons. The molecule has 0 amide bonds. The Kier molecular flexibility index (Phi) is 5.77. The molecular weight excluding hydrogens is 380 g/mol. The lowest BCUT2D eigenvalue weighted by molar-refractivity contribution is 0.539. The highest BCUT2D eigenvalue weighted by Crippen LogP contribution is 2.36. The van der Waals surface area contributed by atoms with Crippen LogP contribution in [-0.4, -0.2) is 6.54 Å². The molecule has 0 radical (unpaired) electrons. The fourth-order valence-corrected chi connectivity index (χ4v) is 3.85. The van der Waals surface area contributed by atoms with Crippen LogP contribution in [0.4, 0.5) is 8.78 Å². The maximum atomic E-state index is 14.2. The summed E-state index contributed by atoms with van der Waals surface area (Å²) in [7, 11) is 0. The molecule has 1 N–H and O–H groups in total. The van der Waals surface area contributed by atoms with E-state index >= 15 is 0 Å². The van der Waals surface area contributed by atoms with E-state index in [4.69, 9.17) is 11.6 Å². The summed E-state index contributed by atoms with van der Waals surface area (Å²) in [5, 5.41) is 3.07. The minimum atomic E-state index is -0.608. The molecule has 1 nitrogen and oxygen atoms in total. The molecule has 0 aliphatic heterocycles. The molecule has 0 bridgehead atoms. The van der Waals surface area contributed by atoms with Crippen LogP contribution in [-0.2, 0) is 0 Å². The second-order valence-electron chi connectivity index (χ2n) is 4.78. The van der Waals surface area contributed by atoms with Gasteiger partial charge in [-0.2, -0.15) is 0 Å². The van der Waals surface area contributed by atoms with Crippen LogP contribution in [0.2, 0.25) is 5.02 Å². The van der Waals surface area contributed by atoms with Crippen LogP contribution in [0.25, 0.3) is 0 Å². The number of halogens is 4. The fourth-order valence-electron chi connectivity index (χ4n) is 2.04. The van der Waals surface area contributed by atoms with Crippen molar-refractivity contribution in [3.05, 3.63) is 54.6 Å². The average molecular weight is 395 g/mol. The highest BCUT2D eigenvalue weighted by atomic mass is 79.9. The van der Waals surface area contributed by atoms with Crippen molar-refractivity contribution in [2.45, 2.75) is 26.3 Å². The van der Waals surface area contributed by atoms with Gasteiger partial charge in [-0.05, 0) is 59.6 Å². The van der Waals surface area contributed by atoms with Gasteiger partial charge in [0.1, 0.15) is 11.6 Å². The highest BCUT2D eigenvalue weighted by Gasteiger charge is 2.22. The van der Waals surface area contributed by atoms with E-state index in [1.54, 1.807) is 0 Å². The van der Waals surface area contributed by atoms with Crippen LogP contribution in [0.1, 0.15) is 35.4 Å². The van der Waals surface area contributed by atoms with Gasteiger partial charge >= 0.3 is 0 Å². The van der Waals surface area contributed by atoms with Crippen LogP contribution >= 0.6 is 38.9 Å². The molecular formula is C15H15BrClF2NS. The van der Waals surface area contributed by atoms with Crippen LogP contribution in [0.15, 0.2) is 22.0 Å². The molecule has 1 atom stereocenters. The SMILES string of the molecule is CCCNC(c1cc(C)c(Br)s1)c1cc(F)c(Cl)cc1F. The predicted octanol–water partition coefficient (Wildman–Crippen LogP) is 5.84. The van der Waals surface area contributed by atoms with Crippen molar-refractivity contribution in [3.63, 3.8) is 0 Å². The first-order chi connectivity index (χ1) is 9.93. The molecule has 2 rings (SSSR count). The summed E-state index contributed by atoms with van der Waals surface area (Å²) in [5.74, 6) is -1.11. The molecule has 0 spiro atoms. The molecule has 1 aromatic carbocycles.